The molecule has 5 nitrogen and oxygen atoms in total. The van der Waals surface area contributed by atoms with Crippen LogP contribution in [0, 0.1) is 11.3 Å². The van der Waals surface area contributed by atoms with Crippen LogP contribution in [0.3, 0.4) is 0 Å². The Bertz CT molecular complexity index is 583. The van der Waals surface area contributed by atoms with Gasteiger partial charge in [0.1, 0.15) is 11.8 Å². The van der Waals surface area contributed by atoms with Crippen molar-refractivity contribution in [1.29, 1.82) is 5.26 Å². The molecule has 0 radical (unpaired) electrons. The number of anilines is 1. The number of nitrogens with zero attached hydrogens (tertiary/aromatic N) is 3. The van der Waals surface area contributed by atoms with Gasteiger partial charge in [0.2, 0.25) is 5.82 Å². The molecule has 0 fully saturated rings. The van der Waals surface area contributed by atoms with Gasteiger partial charge in [-0.3, -0.25) is 4.57 Å². The van der Waals surface area contributed by atoms with E-state index in [1.807, 2.05) is 31.2 Å². The molecule has 0 unspecified atom stereocenters. The second kappa shape index (κ2) is 5.23. The van der Waals surface area contributed by atoms with Crippen LogP contribution in [0.1, 0.15) is 19.2 Å². The van der Waals surface area contributed by atoms with Crippen molar-refractivity contribution in [3.8, 4) is 17.5 Å². The summed E-state index contributed by atoms with van der Waals surface area (Å²) >= 11 is 0. The number of nitrogen functional groups attached to an aromatic ring is 1. The molecule has 2 aromatic rings. The second-order valence-electron chi connectivity index (χ2n) is 3.77. The second-order valence-corrected chi connectivity index (χ2v) is 3.77. The highest BCUT2D eigenvalue weighted by Gasteiger charge is 2.10. The van der Waals surface area contributed by atoms with Gasteiger partial charge in [0, 0.05) is 12.4 Å². The number of nitrogens with two attached hydrogens (primary N) is 1. The molecule has 0 atom stereocenters. The maximum atomic E-state index is 8.96. The van der Waals surface area contributed by atoms with E-state index in [-0.39, 0.29) is 0 Å². The molecule has 0 saturated carbocycles. The van der Waals surface area contributed by atoms with Gasteiger partial charge >= 0.3 is 0 Å². The Morgan fingerprint density at radius 2 is 2.33 bits per heavy atom. The van der Waals surface area contributed by atoms with Crippen LogP contribution in [0.15, 0.2) is 30.6 Å². The first-order chi connectivity index (χ1) is 8.77. The van der Waals surface area contributed by atoms with Crippen molar-refractivity contribution in [3.63, 3.8) is 0 Å². The van der Waals surface area contributed by atoms with Crippen molar-refractivity contribution in [2.45, 2.75) is 13.3 Å². The lowest BCUT2D eigenvalue weighted by molar-refractivity contribution is 0.319. The standard InChI is InChI=1S/C13H14N4O/c1-2-8-18-11-5-3-4-10(13(11)15)17-7-6-16-12(17)9-14/h3-7H,2,8,15H2,1H3. The van der Waals surface area contributed by atoms with Crippen molar-refractivity contribution < 1.29 is 4.74 Å². The van der Waals surface area contributed by atoms with Gasteiger partial charge in [-0.1, -0.05) is 13.0 Å². The number of nitriles is 1. The van der Waals surface area contributed by atoms with E-state index in [0.29, 0.717) is 29.6 Å². The minimum atomic E-state index is 0.300. The Labute approximate surface area is 105 Å². The normalized spacial score (nSPS) is 10.0. The number of imidazole rings is 1. The summed E-state index contributed by atoms with van der Waals surface area (Å²) in [6, 6.07) is 7.51. The Morgan fingerprint density at radius 3 is 3.06 bits per heavy atom. The van der Waals surface area contributed by atoms with Crippen LogP contribution < -0.4 is 10.5 Å². The average molecular weight is 242 g/mol. The third kappa shape index (κ3) is 2.13. The summed E-state index contributed by atoms with van der Waals surface area (Å²) in [5.41, 5.74) is 7.28. The lowest BCUT2D eigenvalue weighted by Crippen LogP contribution is -2.05. The molecule has 2 rings (SSSR count). The van der Waals surface area contributed by atoms with E-state index in [2.05, 4.69) is 4.98 Å². The van der Waals surface area contributed by atoms with Crippen LogP contribution in [0.25, 0.3) is 5.69 Å². The summed E-state index contributed by atoms with van der Waals surface area (Å²) in [6.45, 7) is 2.65. The maximum absolute atomic E-state index is 8.96. The number of hydrogen-bond donors (Lipinski definition) is 1. The summed E-state index contributed by atoms with van der Waals surface area (Å²) in [5, 5.41) is 8.96. The number of ether oxygens (including phenoxy) is 1. The van der Waals surface area contributed by atoms with Crippen LogP contribution in [0.5, 0.6) is 5.75 Å². The summed E-state index contributed by atoms with van der Waals surface area (Å²) in [7, 11) is 0. The molecule has 0 saturated heterocycles. The van der Waals surface area contributed by atoms with Gasteiger partial charge in [0.05, 0.1) is 18.0 Å². The van der Waals surface area contributed by atoms with Gasteiger partial charge in [0.25, 0.3) is 0 Å². The zero-order chi connectivity index (χ0) is 13.0. The molecular formula is C13H14N4O. The molecule has 0 amide bonds. The van der Waals surface area contributed by atoms with Gasteiger partial charge in [-0.05, 0) is 18.6 Å². The molecule has 0 aliphatic rings. The van der Waals surface area contributed by atoms with Gasteiger partial charge in [-0.25, -0.2) is 4.98 Å². The molecule has 0 spiro atoms. The van der Waals surface area contributed by atoms with Crippen molar-refractivity contribution in [3.05, 3.63) is 36.4 Å². The largest absolute Gasteiger partial charge is 0.491 e. The maximum Gasteiger partial charge on any atom is 0.217 e. The monoisotopic (exact) mass is 242 g/mol. The van der Waals surface area contributed by atoms with Crippen molar-refractivity contribution >= 4 is 5.69 Å². The smallest absolute Gasteiger partial charge is 0.217 e. The van der Waals surface area contributed by atoms with Crippen LogP contribution in [0.4, 0.5) is 5.69 Å². The third-order valence-corrected chi connectivity index (χ3v) is 2.51. The third-order valence-electron chi connectivity index (χ3n) is 2.51. The van der Waals surface area contributed by atoms with Gasteiger partial charge in [-0.15, -0.1) is 0 Å². The topological polar surface area (TPSA) is 76.9 Å². The number of benzene rings is 1. The van der Waals surface area contributed by atoms with E-state index in [4.69, 9.17) is 15.7 Å². The first-order valence-electron chi connectivity index (χ1n) is 5.73. The minimum absolute atomic E-state index is 0.300. The average Bonchev–Trinajstić information content (AvgIpc) is 2.85. The number of hydrogen-bond acceptors (Lipinski definition) is 4. The van der Waals surface area contributed by atoms with E-state index in [0.717, 1.165) is 6.42 Å². The molecule has 0 aliphatic heterocycles. The molecule has 5 heteroatoms. The summed E-state index contributed by atoms with van der Waals surface area (Å²) in [5.74, 6) is 0.932. The van der Waals surface area contributed by atoms with Crippen molar-refractivity contribution in [1.82, 2.24) is 9.55 Å². The Balaban J connectivity index is 2.43. The van der Waals surface area contributed by atoms with Gasteiger partial charge in [-0.2, -0.15) is 5.26 Å². The highest BCUT2D eigenvalue weighted by Crippen LogP contribution is 2.28. The molecule has 0 aliphatic carbocycles. The van der Waals surface area contributed by atoms with Gasteiger partial charge in [0.15, 0.2) is 0 Å². The number of para-hydroxylation sites is 1. The highest BCUT2D eigenvalue weighted by atomic mass is 16.5. The first kappa shape index (κ1) is 12.0. The van der Waals surface area contributed by atoms with E-state index in [9.17, 15) is 0 Å². The molecule has 1 aromatic heterocycles. The van der Waals surface area contributed by atoms with E-state index in [1.54, 1.807) is 17.0 Å². The fraction of sp³-hybridized carbons (Fsp3) is 0.231. The van der Waals surface area contributed by atoms with E-state index < -0.39 is 0 Å². The summed E-state index contributed by atoms with van der Waals surface area (Å²) in [4.78, 5) is 3.95. The molecule has 0 bridgehead atoms. The Kier molecular flexibility index (Phi) is 3.49. The molecule has 18 heavy (non-hydrogen) atoms. The highest BCUT2D eigenvalue weighted by molar-refractivity contribution is 5.67. The van der Waals surface area contributed by atoms with E-state index >= 15 is 0 Å². The van der Waals surface area contributed by atoms with Crippen LogP contribution in [-0.2, 0) is 0 Å². The SMILES string of the molecule is CCCOc1cccc(-n2ccnc2C#N)c1N. The predicted octanol–water partition coefficient (Wildman–Crippen LogP) is 2.11. The first-order valence-corrected chi connectivity index (χ1v) is 5.73. The quantitative estimate of drug-likeness (QED) is 0.833. The number of rotatable bonds is 4. The minimum Gasteiger partial charge on any atom is -0.491 e. The molecule has 1 heterocycles. The molecular weight excluding hydrogens is 228 g/mol. The van der Waals surface area contributed by atoms with Gasteiger partial charge < -0.3 is 10.5 Å². The zero-order valence-electron chi connectivity index (χ0n) is 10.1. The fourth-order valence-electron chi connectivity index (χ4n) is 1.66. The molecule has 1 aromatic carbocycles. The lowest BCUT2D eigenvalue weighted by Gasteiger charge is -2.12. The van der Waals surface area contributed by atoms with E-state index in [1.165, 1.54) is 0 Å². The van der Waals surface area contributed by atoms with Crippen molar-refractivity contribution in [2.75, 3.05) is 12.3 Å². The van der Waals surface area contributed by atoms with Crippen molar-refractivity contribution in [2.24, 2.45) is 0 Å². The van der Waals surface area contributed by atoms with Crippen LogP contribution in [0.2, 0.25) is 0 Å². The molecule has 92 valence electrons. The Morgan fingerprint density at radius 1 is 1.50 bits per heavy atom. The Hall–Kier alpha value is -2.48. The zero-order valence-corrected chi connectivity index (χ0v) is 10.1. The number of aromatic nitrogens is 2. The fourth-order valence-corrected chi connectivity index (χ4v) is 1.66. The summed E-state index contributed by atoms with van der Waals surface area (Å²) in [6.07, 6.45) is 4.18. The van der Waals surface area contributed by atoms with Crippen LogP contribution >= 0.6 is 0 Å². The summed E-state index contributed by atoms with van der Waals surface area (Å²) < 4.78 is 7.20. The predicted molar refractivity (Wildman–Crippen MR) is 68.5 cm³/mol. The molecule has 2 N–H and O–H groups in total. The lowest BCUT2D eigenvalue weighted by atomic mass is 10.2. The van der Waals surface area contributed by atoms with Crippen LogP contribution in [-0.4, -0.2) is 16.2 Å².